The molecule has 1 aromatic carbocycles. The zero-order chi connectivity index (χ0) is 12.8. The number of unbranched alkanes of at least 4 members (excludes halogenated alkanes) is 2. The zero-order valence-electron chi connectivity index (χ0n) is 11.0. The van der Waals surface area contributed by atoms with E-state index in [1.807, 2.05) is 12.1 Å². The Kier molecular flexibility index (Phi) is 5.51. The van der Waals surface area contributed by atoms with Crippen molar-refractivity contribution in [3.8, 4) is 5.75 Å². The van der Waals surface area contributed by atoms with Gasteiger partial charge in [-0.05, 0) is 69.3 Å². The third-order valence-electron chi connectivity index (χ3n) is 3.23. The van der Waals surface area contributed by atoms with E-state index in [9.17, 15) is 0 Å². The molecule has 2 nitrogen and oxygen atoms in total. The molecule has 1 fully saturated rings. The van der Waals surface area contributed by atoms with E-state index in [2.05, 4.69) is 34.2 Å². The van der Waals surface area contributed by atoms with Crippen LogP contribution in [0, 0.1) is 6.92 Å². The first-order valence-corrected chi connectivity index (χ1v) is 7.67. The van der Waals surface area contributed by atoms with Gasteiger partial charge in [0, 0.05) is 10.5 Å². The van der Waals surface area contributed by atoms with Crippen molar-refractivity contribution < 1.29 is 4.74 Å². The van der Waals surface area contributed by atoms with E-state index in [0.717, 1.165) is 29.3 Å². The molecule has 0 bridgehead atoms. The molecule has 0 aliphatic heterocycles. The Hall–Kier alpha value is -0.540. The fourth-order valence-electron chi connectivity index (χ4n) is 1.95. The van der Waals surface area contributed by atoms with Gasteiger partial charge in [-0.3, -0.25) is 0 Å². The molecule has 0 aromatic heterocycles. The molecule has 1 aliphatic rings. The van der Waals surface area contributed by atoms with Crippen LogP contribution in [0.5, 0.6) is 5.75 Å². The minimum Gasteiger partial charge on any atom is -0.493 e. The smallest absolute Gasteiger partial charge is 0.122 e. The summed E-state index contributed by atoms with van der Waals surface area (Å²) in [7, 11) is 0. The molecular weight excluding hydrogens is 290 g/mol. The molecule has 0 heterocycles. The zero-order valence-corrected chi connectivity index (χ0v) is 12.6. The minimum absolute atomic E-state index is 0.825. The summed E-state index contributed by atoms with van der Waals surface area (Å²) in [4.78, 5) is 0. The van der Waals surface area contributed by atoms with Crippen LogP contribution in [0.2, 0.25) is 0 Å². The van der Waals surface area contributed by atoms with Crippen LogP contribution in [0.15, 0.2) is 22.7 Å². The number of benzene rings is 1. The molecule has 3 heteroatoms. The average Bonchev–Trinajstić information content (AvgIpc) is 3.14. The number of ether oxygens (including phenoxy) is 1. The summed E-state index contributed by atoms with van der Waals surface area (Å²) in [6, 6.07) is 7.00. The molecule has 1 aromatic rings. The Morgan fingerprint density at radius 1 is 1.28 bits per heavy atom. The van der Waals surface area contributed by atoms with Gasteiger partial charge in [-0.1, -0.05) is 15.9 Å². The maximum Gasteiger partial charge on any atom is 0.122 e. The lowest BCUT2D eigenvalue weighted by Gasteiger charge is -2.09. The van der Waals surface area contributed by atoms with Crippen molar-refractivity contribution in [3.05, 3.63) is 28.2 Å². The Labute approximate surface area is 118 Å². The van der Waals surface area contributed by atoms with Crippen LogP contribution < -0.4 is 10.1 Å². The SMILES string of the molecule is Cc1cc(Br)ccc1OCCCCCNC1CC1. The first kappa shape index (κ1) is 13.9. The van der Waals surface area contributed by atoms with Gasteiger partial charge in [0.25, 0.3) is 0 Å². The third kappa shape index (κ3) is 4.99. The highest BCUT2D eigenvalue weighted by molar-refractivity contribution is 9.10. The van der Waals surface area contributed by atoms with Crippen LogP contribution in [0.3, 0.4) is 0 Å². The number of hydrogen-bond donors (Lipinski definition) is 1. The monoisotopic (exact) mass is 311 g/mol. The molecule has 0 radical (unpaired) electrons. The normalized spacial score (nSPS) is 14.8. The minimum atomic E-state index is 0.825. The third-order valence-corrected chi connectivity index (χ3v) is 3.72. The van der Waals surface area contributed by atoms with E-state index in [4.69, 9.17) is 4.74 Å². The molecule has 0 atom stereocenters. The van der Waals surface area contributed by atoms with Crippen molar-refractivity contribution in [2.24, 2.45) is 0 Å². The van der Waals surface area contributed by atoms with Gasteiger partial charge in [-0.2, -0.15) is 0 Å². The summed E-state index contributed by atoms with van der Waals surface area (Å²) in [5, 5.41) is 3.53. The molecular formula is C15H22BrNO. The van der Waals surface area contributed by atoms with Crippen LogP contribution in [0.4, 0.5) is 0 Å². The van der Waals surface area contributed by atoms with Gasteiger partial charge >= 0.3 is 0 Å². The largest absolute Gasteiger partial charge is 0.493 e. The predicted octanol–water partition coefficient (Wildman–Crippen LogP) is 4.06. The average molecular weight is 312 g/mol. The second-order valence-electron chi connectivity index (χ2n) is 5.05. The molecule has 100 valence electrons. The molecule has 0 saturated heterocycles. The van der Waals surface area contributed by atoms with E-state index in [1.54, 1.807) is 0 Å². The first-order valence-electron chi connectivity index (χ1n) is 6.88. The summed E-state index contributed by atoms with van der Waals surface area (Å²) >= 11 is 3.46. The number of nitrogens with one attached hydrogen (secondary N) is 1. The second kappa shape index (κ2) is 7.15. The molecule has 1 saturated carbocycles. The topological polar surface area (TPSA) is 21.3 Å². The molecule has 1 N–H and O–H groups in total. The van der Waals surface area contributed by atoms with Gasteiger partial charge in [0.15, 0.2) is 0 Å². The van der Waals surface area contributed by atoms with Crippen LogP contribution >= 0.6 is 15.9 Å². The first-order chi connectivity index (χ1) is 8.75. The van der Waals surface area contributed by atoms with Gasteiger partial charge in [-0.15, -0.1) is 0 Å². The van der Waals surface area contributed by atoms with Crippen LogP contribution in [0.25, 0.3) is 0 Å². The number of halogens is 1. The quantitative estimate of drug-likeness (QED) is 0.731. The summed E-state index contributed by atoms with van der Waals surface area (Å²) < 4.78 is 6.90. The van der Waals surface area contributed by atoms with Crippen molar-refractivity contribution >= 4 is 15.9 Å². The second-order valence-corrected chi connectivity index (χ2v) is 5.96. The van der Waals surface area contributed by atoms with Crippen molar-refractivity contribution in [2.75, 3.05) is 13.2 Å². The highest BCUT2D eigenvalue weighted by atomic mass is 79.9. The Balaban J connectivity index is 1.53. The maximum absolute atomic E-state index is 5.79. The van der Waals surface area contributed by atoms with Crippen molar-refractivity contribution in [2.45, 2.75) is 45.1 Å². The van der Waals surface area contributed by atoms with Gasteiger partial charge < -0.3 is 10.1 Å². The number of rotatable bonds is 8. The molecule has 0 spiro atoms. The van der Waals surface area contributed by atoms with Crippen molar-refractivity contribution in [3.63, 3.8) is 0 Å². The Bertz CT molecular complexity index is 377. The standard InChI is InChI=1S/C15H22BrNO/c1-12-11-13(16)5-8-15(12)18-10-4-2-3-9-17-14-6-7-14/h5,8,11,14,17H,2-4,6-7,9-10H2,1H3. The molecule has 1 aliphatic carbocycles. The van der Waals surface area contributed by atoms with E-state index in [1.165, 1.54) is 37.8 Å². The van der Waals surface area contributed by atoms with E-state index < -0.39 is 0 Å². The molecule has 18 heavy (non-hydrogen) atoms. The highest BCUT2D eigenvalue weighted by Gasteiger charge is 2.19. The summed E-state index contributed by atoms with van der Waals surface area (Å²) in [6.07, 6.45) is 6.41. The van der Waals surface area contributed by atoms with Gasteiger partial charge in [0.05, 0.1) is 6.61 Å². The molecule has 0 unspecified atom stereocenters. The van der Waals surface area contributed by atoms with Crippen LogP contribution in [0.1, 0.15) is 37.7 Å². The lowest BCUT2D eigenvalue weighted by molar-refractivity contribution is 0.303. The predicted molar refractivity (Wildman–Crippen MR) is 79.2 cm³/mol. The van der Waals surface area contributed by atoms with E-state index in [0.29, 0.717) is 0 Å². The maximum atomic E-state index is 5.79. The fourth-order valence-corrected chi connectivity index (χ4v) is 2.43. The summed E-state index contributed by atoms with van der Waals surface area (Å²) in [6.45, 7) is 4.08. The molecule has 2 rings (SSSR count). The van der Waals surface area contributed by atoms with Gasteiger partial charge in [0.1, 0.15) is 5.75 Å². The van der Waals surface area contributed by atoms with Crippen molar-refractivity contribution in [1.29, 1.82) is 0 Å². The number of aryl methyl sites for hydroxylation is 1. The van der Waals surface area contributed by atoms with Crippen molar-refractivity contribution in [1.82, 2.24) is 5.32 Å². The van der Waals surface area contributed by atoms with Crippen LogP contribution in [-0.4, -0.2) is 19.2 Å². The van der Waals surface area contributed by atoms with Gasteiger partial charge in [-0.25, -0.2) is 0 Å². The molecule has 0 amide bonds. The van der Waals surface area contributed by atoms with E-state index >= 15 is 0 Å². The lowest BCUT2D eigenvalue weighted by atomic mass is 10.2. The van der Waals surface area contributed by atoms with Gasteiger partial charge in [0.2, 0.25) is 0 Å². The van der Waals surface area contributed by atoms with Crippen LogP contribution in [-0.2, 0) is 0 Å². The highest BCUT2D eigenvalue weighted by Crippen LogP contribution is 2.22. The Morgan fingerprint density at radius 3 is 2.83 bits per heavy atom. The summed E-state index contributed by atoms with van der Waals surface area (Å²) in [5.41, 5.74) is 1.19. The fraction of sp³-hybridized carbons (Fsp3) is 0.600. The van der Waals surface area contributed by atoms with E-state index in [-0.39, 0.29) is 0 Å². The Morgan fingerprint density at radius 2 is 2.11 bits per heavy atom. The lowest BCUT2D eigenvalue weighted by Crippen LogP contribution is -2.17. The summed E-state index contributed by atoms with van der Waals surface area (Å²) in [5.74, 6) is 1.01. The number of hydrogen-bond acceptors (Lipinski definition) is 2.